The summed E-state index contributed by atoms with van der Waals surface area (Å²) >= 11 is 10.0. The van der Waals surface area contributed by atoms with Gasteiger partial charge in [0.25, 0.3) is 0 Å². The highest BCUT2D eigenvalue weighted by Crippen LogP contribution is 2.34. The molecule has 108 valence electrons. The van der Waals surface area contributed by atoms with E-state index in [1.165, 1.54) is 5.56 Å². The topological polar surface area (TPSA) is 29.9 Å². The Morgan fingerprint density at radius 1 is 1.35 bits per heavy atom. The minimum Gasteiger partial charge on any atom is -0.308 e. The van der Waals surface area contributed by atoms with E-state index in [1.54, 1.807) is 6.20 Å². The van der Waals surface area contributed by atoms with Crippen molar-refractivity contribution in [2.45, 2.75) is 32.9 Å². The van der Waals surface area contributed by atoms with Gasteiger partial charge in [0, 0.05) is 10.5 Å². The zero-order valence-electron chi connectivity index (χ0n) is 12.1. The molecule has 0 radical (unpaired) electrons. The second-order valence-electron chi connectivity index (χ2n) is 5.12. The maximum Gasteiger partial charge on any atom is 0.0837 e. The molecule has 1 atom stereocenters. The first-order valence-corrected chi connectivity index (χ1v) is 7.79. The van der Waals surface area contributed by atoms with Gasteiger partial charge in [0.05, 0.1) is 23.0 Å². The Balaban J connectivity index is 2.58. The van der Waals surface area contributed by atoms with Crippen LogP contribution in [0, 0.1) is 6.92 Å². The summed E-state index contributed by atoms with van der Waals surface area (Å²) in [6.45, 7) is 6.29. The molecule has 0 amide bonds. The molecular weight excluding hydrogens is 338 g/mol. The third kappa shape index (κ3) is 2.78. The smallest absolute Gasteiger partial charge is 0.0837 e. The van der Waals surface area contributed by atoms with Crippen LogP contribution >= 0.6 is 27.5 Å². The average molecular weight is 357 g/mol. The first-order valence-electron chi connectivity index (χ1n) is 6.62. The lowest BCUT2D eigenvalue weighted by atomic mass is 10.0. The predicted octanol–water partition coefficient (Wildman–Crippen LogP) is 4.50. The summed E-state index contributed by atoms with van der Waals surface area (Å²) in [6.07, 6.45) is 1.71. The standard InChI is InChI=1S/C15H19BrClN3/c1-9(2)20-15(12(17)8-19-20)14(18-4)11-7-5-6-10(3)13(11)16/h5-9,14,18H,1-4H3. The molecule has 0 bridgehead atoms. The minimum atomic E-state index is 0.00155. The van der Waals surface area contributed by atoms with Crippen molar-refractivity contribution in [2.24, 2.45) is 0 Å². The van der Waals surface area contributed by atoms with Crippen LogP contribution in [0.2, 0.25) is 5.02 Å². The fraction of sp³-hybridized carbons (Fsp3) is 0.400. The van der Waals surface area contributed by atoms with Crippen molar-refractivity contribution in [3.63, 3.8) is 0 Å². The fourth-order valence-electron chi connectivity index (χ4n) is 2.36. The average Bonchev–Trinajstić information content (AvgIpc) is 2.78. The Kier molecular flexibility index (Phi) is 4.89. The molecule has 0 aliphatic carbocycles. The van der Waals surface area contributed by atoms with Crippen molar-refractivity contribution in [1.29, 1.82) is 0 Å². The zero-order valence-corrected chi connectivity index (χ0v) is 14.5. The third-order valence-corrected chi connectivity index (χ3v) is 4.75. The highest BCUT2D eigenvalue weighted by molar-refractivity contribution is 9.10. The van der Waals surface area contributed by atoms with E-state index in [2.05, 4.69) is 65.3 Å². The van der Waals surface area contributed by atoms with Gasteiger partial charge < -0.3 is 5.32 Å². The largest absolute Gasteiger partial charge is 0.308 e. The van der Waals surface area contributed by atoms with Gasteiger partial charge in [-0.3, -0.25) is 4.68 Å². The second-order valence-corrected chi connectivity index (χ2v) is 6.32. The number of halogens is 2. The van der Waals surface area contributed by atoms with Gasteiger partial charge in [0.1, 0.15) is 0 Å². The van der Waals surface area contributed by atoms with Crippen molar-refractivity contribution in [3.8, 4) is 0 Å². The van der Waals surface area contributed by atoms with Gasteiger partial charge in [-0.05, 0) is 38.9 Å². The van der Waals surface area contributed by atoms with Crippen molar-refractivity contribution >= 4 is 27.5 Å². The summed E-state index contributed by atoms with van der Waals surface area (Å²) in [5.74, 6) is 0. The first kappa shape index (κ1) is 15.5. The molecule has 2 aromatic rings. The lowest BCUT2D eigenvalue weighted by molar-refractivity contribution is 0.483. The van der Waals surface area contributed by atoms with Crippen LogP contribution in [0.4, 0.5) is 0 Å². The van der Waals surface area contributed by atoms with Crippen LogP contribution in [-0.2, 0) is 0 Å². The number of aryl methyl sites for hydroxylation is 1. The molecule has 3 nitrogen and oxygen atoms in total. The van der Waals surface area contributed by atoms with Crippen LogP contribution in [-0.4, -0.2) is 16.8 Å². The molecule has 1 unspecified atom stereocenters. The van der Waals surface area contributed by atoms with Crippen LogP contribution in [0.3, 0.4) is 0 Å². The van der Waals surface area contributed by atoms with E-state index in [9.17, 15) is 0 Å². The number of rotatable bonds is 4. The molecule has 0 saturated heterocycles. The quantitative estimate of drug-likeness (QED) is 0.874. The normalized spacial score (nSPS) is 12.9. The molecule has 2 rings (SSSR count). The van der Waals surface area contributed by atoms with Crippen LogP contribution in [0.5, 0.6) is 0 Å². The Labute approximate surface area is 133 Å². The van der Waals surface area contributed by atoms with Crippen molar-refractivity contribution < 1.29 is 0 Å². The maximum atomic E-state index is 6.37. The summed E-state index contributed by atoms with van der Waals surface area (Å²) in [4.78, 5) is 0. The molecule has 0 aliphatic rings. The lowest BCUT2D eigenvalue weighted by Gasteiger charge is -2.22. The minimum absolute atomic E-state index is 0.00155. The van der Waals surface area contributed by atoms with Crippen LogP contribution in [0.25, 0.3) is 0 Å². The Morgan fingerprint density at radius 3 is 2.65 bits per heavy atom. The molecule has 0 spiro atoms. The molecule has 0 saturated carbocycles. The number of aromatic nitrogens is 2. The predicted molar refractivity (Wildman–Crippen MR) is 87.4 cm³/mol. The van der Waals surface area contributed by atoms with Crippen LogP contribution in [0.1, 0.15) is 42.8 Å². The summed E-state index contributed by atoms with van der Waals surface area (Å²) in [5.41, 5.74) is 3.36. The third-order valence-electron chi connectivity index (χ3n) is 3.37. The molecule has 1 aromatic carbocycles. The zero-order chi connectivity index (χ0) is 14.9. The number of hydrogen-bond acceptors (Lipinski definition) is 2. The number of nitrogens with zero attached hydrogens (tertiary/aromatic N) is 2. The van der Waals surface area contributed by atoms with Gasteiger partial charge in [-0.25, -0.2) is 0 Å². The monoisotopic (exact) mass is 355 g/mol. The van der Waals surface area contributed by atoms with E-state index in [0.717, 1.165) is 15.7 Å². The highest BCUT2D eigenvalue weighted by Gasteiger charge is 2.24. The SMILES string of the molecule is CNC(c1cccc(C)c1Br)c1c(Cl)cnn1C(C)C. The lowest BCUT2D eigenvalue weighted by Crippen LogP contribution is -2.23. The summed E-state index contributed by atoms with van der Waals surface area (Å²) in [6, 6.07) is 6.51. The Bertz CT molecular complexity index is 607. The van der Waals surface area contributed by atoms with E-state index in [-0.39, 0.29) is 12.1 Å². The highest BCUT2D eigenvalue weighted by atomic mass is 79.9. The molecule has 0 aliphatic heterocycles. The van der Waals surface area contributed by atoms with Crippen molar-refractivity contribution in [2.75, 3.05) is 7.05 Å². The number of benzene rings is 1. The van der Waals surface area contributed by atoms with E-state index < -0.39 is 0 Å². The summed E-state index contributed by atoms with van der Waals surface area (Å²) < 4.78 is 3.07. The summed E-state index contributed by atoms with van der Waals surface area (Å²) in [5, 5.41) is 8.43. The Hall–Kier alpha value is -0.840. The van der Waals surface area contributed by atoms with E-state index in [1.807, 2.05) is 11.7 Å². The first-order chi connectivity index (χ1) is 9.47. The molecule has 1 aromatic heterocycles. The second kappa shape index (κ2) is 6.29. The molecule has 1 heterocycles. The molecule has 5 heteroatoms. The summed E-state index contributed by atoms with van der Waals surface area (Å²) in [7, 11) is 1.94. The van der Waals surface area contributed by atoms with Gasteiger partial charge in [0.15, 0.2) is 0 Å². The van der Waals surface area contributed by atoms with Crippen molar-refractivity contribution in [3.05, 3.63) is 50.7 Å². The maximum absolute atomic E-state index is 6.37. The van der Waals surface area contributed by atoms with Crippen LogP contribution < -0.4 is 5.32 Å². The molecular formula is C15H19BrClN3. The Morgan fingerprint density at radius 2 is 2.05 bits per heavy atom. The van der Waals surface area contributed by atoms with E-state index in [0.29, 0.717) is 5.02 Å². The molecule has 20 heavy (non-hydrogen) atoms. The fourth-order valence-corrected chi connectivity index (χ4v) is 3.10. The van der Waals surface area contributed by atoms with E-state index >= 15 is 0 Å². The van der Waals surface area contributed by atoms with E-state index in [4.69, 9.17) is 11.6 Å². The van der Waals surface area contributed by atoms with Crippen LogP contribution in [0.15, 0.2) is 28.9 Å². The van der Waals surface area contributed by atoms with Gasteiger partial charge in [-0.1, -0.05) is 45.7 Å². The van der Waals surface area contributed by atoms with Gasteiger partial charge >= 0.3 is 0 Å². The molecule has 1 N–H and O–H groups in total. The van der Waals surface area contributed by atoms with Gasteiger partial charge in [0.2, 0.25) is 0 Å². The number of nitrogens with one attached hydrogen (secondary N) is 1. The molecule has 0 fully saturated rings. The van der Waals surface area contributed by atoms with Gasteiger partial charge in [-0.15, -0.1) is 0 Å². The number of hydrogen-bond donors (Lipinski definition) is 1. The van der Waals surface area contributed by atoms with Gasteiger partial charge in [-0.2, -0.15) is 5.10 Å². The van der Waals surface area contributed by atoms with Crippen molar-refractivity contribution in [1.82, 2.24) is 15.1 Å².